The number of hydrogen-bond acceptors (Lipinski definition) is 6. The van der Waals surface area contributed by atoms with E-state index in [4.69, 9.17) is 19.7 Å². The first kappa shape index (κ1) is 20.0. The number of esters is 2. The fourth-order valence-electron chi connectivity index (χ4n) is 3.14. The molecule has 0 spiro atoms. The Balaban J connectivity index is 1.81. The number of ether oxygens (including phenoxy) is 2. The highest BCUT2D eigenvalue weighted by Crippen LogP contribution is 2.30. The van der Waals surface area contributed by atoms with Gasteiger partial charge in [0.05, 0.1) is 31.0 Å². The molecule has 7 heteroatoms. The van der Waals surface area contributed by atoms with Crippen LogP contribution in [-0.2, 0) is 9.47 Å². The van der Waals surface area contributed by atoms with Crippen LogP contribution in [0.2, 0.25) is 0 Å². The molecule has 0 unspecified atom stereocenters. The fourth-order valence-corrected chi connectivity index (χ4v) is 3.14. The molecule has 0 fully saturated rings. The van der Waals surface area contributed by atoms with Crippen LogP contribution < -0.4 is 0 Å². The molecular weight excluding hydrogens is 394 g/mol. The maximum atomic E-state index is 11.8. The van der Waals surface area contributed by atoms with E-state index in [1.807, 2.05) is 30.3 Å². The molecule has 154 valence electrons. The summed E-state index contributed by atoms with van der Waals surface area (Å²) in [5.41, 5.74) is 4.59. The Morgan fingerprint density at radius 1 is 0.645 bits per heavy atom. The summed E-state index contributed by atoms with van der Waals surface area (Å²) in [6.07, 6.45) is 0. The molecule has 1 heterocycles. The van der Waals surface area contributed by atoms with E-state index >= 15 is 0 Å². The second-order valence-electron chi connectivity index (χ2n) is 6.66. The van der Waals surface area contributed by atoms with Crippen LogP contribution in [0.3, 0.4) is 0 Å². The topological polar surface area (TPSA) is 83.3 Å². The van der Waals surface area contributed by atoms with E-state index in [1.54, 1.807) is 53.3 Å². The van der Waals surface area contributed by atoms with Gasteiger partial charge < -0.3 is 9.47 Å². The number of rotatable bonds is 5. The SMILES string of the molecule is COC(=O)c1ccc(-c2nn(-c3ccccc3)nc2-c2ccc(C(=O)OC)cc2)cc1. The lowest BCUT2D eigenvalue weighted by Crippen LogP contribution is -2.00. The summed E-state index contributed by atoms with van der Waals surface area (Å²) >= 11 is 0. The predicted molar refractivity (Wildman–Crippen MR) is 115 cm³/mol. The van der Waals surface area contributed by atoms with Crippen LogP contribution in [0.15, 0.2) is 78.9 Å². The lowest BCUT2D eigenvalue weighted by Gasteiger charge is -2.04. The van der Waals surface area contributed by atoms with Gasteiger partial charge in [0.15, 0.2) is 0 Å². The summed E-state index contributed by atoms with van der Waals surface area (Å²) in [4.78, 5) is 25.1. The highest BCUT2D eigenvalue weighted by Gasteiger charge is 2.17. The Bertz CT molecular complexity index is 1140. The van der Waals surface area contributed by atoms with Crippen molar-refractivity contribution in [3.05, 3.63) is 90.0 Å². The second-order valence-corrected chi connectivity index (χ2v) is 6.66. The van der Waals surface area contributed by atoms with Crippen molar-refractivity contribution in [2.45, 2.75) is 0 Å². The summed E-state index contributed by atoms with van der Waals surface area (Å²) in [5, 5.41) is 9.39. The number of aromatic nitrogens is 3. The molecule has 4 aromatic rings. The van der Waals surface area contributed by atoms with Gasteiger partial charge in [-0.05, 0) is 36.4 Å². The van der Waals surface area contributed by atoms with Crippen LogP contribution in [0.5, 0.6) is 0 Å². The molecule has 1 aromatic heterocycles. The Hall–Kier alpha value is -4.26. The summed E-state index contributed by atoms with van der Waals surface area (Å²) < 4.78 is 9.54. The van der Waals surface area contributed by atoms with Crippen LogP contribution in [0.1, 0.15) is 20.7 Å². The summed E-state index contributed by atoms with van der Waals surface area (Å²) in [6.45, 7) is 0. The molecule has 0 N–H and O–H groups in total. The van der Waals surface area contributed by atoms with E-state index in [2.05, 4.69) is 0 Å². The van der Waals surface area contributed by atoms with E-state index < -0.39 is 11.9 Å². The number of para-hydroxylation sites is 1. The molecule has 0 aliphatic heterocycles. The molecule has 0 bridgehead atoms. The smallest absolute Gasteiger partial charge is 0.337 e. The highest BCUT2D eigenvalue weighted by atomic mass is 16.5. The molecule has 0 amide bonds. The van der Waals surface area contributed by atoms with E-state index in [0.717, 1.165) is 16.8 Å². The van der Waals surface area contributed by atoms with Crippen LogP contribution in [0.4, 0.5) is 0 Å². The molecular formula is C24H19N3O4. The van der Waals surface area contributed by atoms with Gasteiger partial charge in [-0.25, -0.2) is 9.59 Å². The summed E-state index contributed by atoms with van der Waals surface area (Å²) in [7, 11) is 2.69. The Morgan fingerprint density at radius 3 is 1.45 bits per heavy atom. The third-order valence-electron chi connectivity index (χ3n) is 4.76. The molecule has 7 nitrogen and oxygen atoms in total. The fraction of sp³-hybridized carbons (Fsp3) is 0.0833. The molecule has 31 heavy (non-hydrogen) atoms. The zero-order valence-electron chi connectivity index (χ0n) is 17.0. The number of methoxy groups -OCH3 is 2. The number of nitrogens with zero attached hydrogens (tertiary/aromatic N) is 3. The molecule has 0 aliphatic rings. The first-order valence-corrected chi connectivity index (χ1v) is 9.51. The average molecular weight is 413 g/mol. The van der Waals surface area contributed by atoms with Crippen molar-refractivity contribution in [1.29, 1.82) is 0 Å². The minimum atomic E-state index is -0.405. The van der Waals surface area contributed by atoms with Crippen LogP contribution in [0.25, 0.3) is 28.2 Å². The normalized spacial score (nSPS) is 10.5. The van der Waals surface area contributed by atoms with E-state index in [0.29, 0.717) is 22.5 Å². The number of benzene rings is 3. The first-order valence-electron chi connectivity index (χ1n) is 9.51. The van der Waals surface area contributed by atoms with Gasteiger partial charge in [-0.3, -0.25) is 0 Å². The summed E-state index contributed by atoms with van der Waals surface area (Å²) in [6, 6.07) is 23.5. The Kier molecular flexibility index (Phi) is 5.57. The van der Waals surface area contributed by atoms with Gasteiger partial charge in [-0.2, -0.15) is 4.80 Å². The summed E-state index contributed by atoms with van der Waals surface area (Å²) in [5.74, 6) is -0.809. The van der Waals surface area contributed by atoms with Crippen LogP contribution in [-0.4, -0.2) is 41.2 Å². The van der Waals surface area contributed by atoms with Crippen LogP contribution in [0, 0.1) is 0 Å². The first-order chi connectivity index (χ1) is 15.1. The van der Waals surface area contributed by atoms with Crippen molar-refractivity contribution in [1.82, 2.24) is 15.0 Å². The van der Waals surface area contributed by atoms with E-state index in [-0.39, 0.29) is 0 Å². The van der Waals surface area contributed by atoms with Gasteiger partial charge in [0.1, 0.15) is 11.4 Å². The highest BCUT2D eigenvalue weighted by molar-refractivity contribution is 5.91. The van der Waals surface area contributed by atoms with Gasteiger partial charge >= 0.3 is 11.9 Å². The van der Waals surface area contributed by atoms with Crippen molar-refractivity contribution >= 4 is 11.9 Å². The van der Waals surface area contributed by atoms with Gasteiger partial charge in [-0.1, -0.05) is 42.5 Å². The van der Waals surface area contributed by atoms with Crippen LogP contribution >= 0.6 is 0 Å². The molecule has 0 saturated heterocycles. The van der Waals surface area contributed by atoms with E-state index in [9.17, 15) is 9.59 Å². The van der Waals surface area contributed by atoms with Gasteiger partial charge in [0.2, 0.25) is 0 Å². The second kappa shape index (κ2) is 8.62. The molecule has 3 aromatic carbocycles. The Morgan fingerprint density at radius 2 is 1.06 bits per heavy atom. The predicted octanol–water partition coefficient (Wildman–Crippen LogP) is 4.17. The van der Waals surface area contributed by atoms with Crippen molar-refractivity contribution in [2.75, 3.05) is 14.2 Å². The zero-order valence-corrected chi connectivity index (χ0v) is 17.0. The number of hydrogen-bond donors (Lipinski definition) is 0. The maximum Gasteiger partial charge on any atom is 0.337 e. The Labute approximate surface area is 178 Å². The molecule has 0 aliphatic carbocycles. The van der Waals surface area contributed by atoms with Gasteiger partial charge in [0.25, 0.3) is 0 Å². The monoisotopic (exact) mass is 413 g/mol. The minimum absolute atomic E-state index is 0.405. The largest absolute Gasteiger partial charge is 0.465 e. The van der Waals surface area contributed by atoms with E-state index in [1.165, 1.54) is 14.2 Å². The van der Waals surface area contributed by atoms with Gasteiger partial charge in [0, 0.05) is 11.1 Å². The molecule has 0 radical (unpaired) electrons. The standard InChI is InChI=1S/C24H19N3O4/c1-30-23(28)18-12-8-16(9-13-18)21-22(17-10-14-19(15-11-17)24(29)31-2)26-27(25-21)20-6-4-3-5-7-20/h3-15H,1-2H3. The van der Waals surface area contributed by atoms with Crippen molar-refractivity contribution in [2.24, 2.45) is 0 Å². The van der Waals surface area contributed by atoms with Crippen molar-refractivity contribution < 1.29 is 19.1 Å². The van der Waals surface area contributed by atoms with Crippen molar-refractivity contribution in [3.63, 3.8) is 0 Å². The average Bonchev–Trinajstić information content (AvgIpc) is 3.29. The van der Waals surface area contributed by atoms with Gasteiger partial charge in [-0.15, -0.1) is 10.2 Å². The number of carbonyl (C=O) groups is 2. The molecule has 0 atom stereocenters. The maximum absolute atomic E-state index is 11.8. The molecule has 4 rings (SSSR count). The number of carbonyl (C=O) groups excluding carboxylic acids is 2. The lowest BCUT2D eigenvalue weighted by atomic mass is 10.0. The minimum Gasteiger partial charge on any atom is -0.465 e. The third kappa shape index (κ3) is 4.06. The third-order valence-corrected chi connectivity index (χ3v) is 4.76. The lowest BCUT2D eigenvalue weighted by molar-refractivity contribution is 0.0592. The quantitative estimate of drug-likeness (QED) is 0.457. The molecule has 0 saturated carbocycles. The zero-order chi connectivity index (χ0) is 21.8. The van der Waals surface area contributed by atoms with Crippen molar-refractivity contribution in [3.8, 4) is 28.2 Å².